The second-order valence-electron chi connectivity index (χ2n) is 6.70. The number of hydrogen-bond acceptors (Lipinski definition) is 3. The van der Waals surface area contributed by atoms with Crippen LogP contribution in [0, 0.1) is 0 Å². The molecule has 2 aliphatic heterocycles. The van der Waals surface area contributed by atoms with Crippen molar-refractivity contribution in [2.24, 2.45) is 0 Å². The summed E-state index contributed by atoms with van der Waals surface area (Å²) in [6.45, 7) is 9.29. The van der Waals surface area contributed by atoms with Crippen LogP contribution in [0.4, 0.5) is 0 Å². The van der Waals surface area contributed by atoms with Crippen molar-refractivity contribution >= 4 is 5.91 Å². The monoisotopic (exact) mass is 281 g/mol. The van der Waals surface area contributed by atoms with Gasteiger partial charge in [-0.05, 0) is 59.2 Å². The van der Waals surface area contributed by atoms with E-state index in [0.717, 1.165) is 13.1 Å². The maximum atomic E-state index is 11.9. The van der Waals surface area contributed by atoms with Gasteiger partial charge in [0.15, 0.2) is 0 Å². The lowest BCUT2D eigenvalue weighted by molar-refractivity contribution is -0.123. The Balaban J connectivity index is 1.80. The number of rotatable bonds is 4. The van der Waals surface area contributed by atoms with E-state index in [-0.39, 0.29) is 11.9 Å². The lowest BCUT2D eigenvalue weighted by Crippen LogP contribution is -2.51. The van der Waals surface area contributed by atoms with Crippen LogP contribution in [0.3, 0.4) is 0 Å². The van der Waals surface area contributed by atoms with Gasteiger partial charge in [0.2, 0.25) is 5.91 Å². The maximum Gasteiger partial charge on any atom is 0.234 e. The summed E-state index contributed by atoms with van der Waals surface area (Å²) in [6.07, 6.45) is 8.03. The van der Waals surface area contributed by atoms with Crippen LogP contribution in [-0.2, 0) is 4.79 Å². The molecule has 116 valence electrons. The Bertz CT molecular complexity index is 298. The van der Waals surface area contributed by atoms with Gasteiger partial charge in [0.05, 0.1) is 6.54 Å². The highest BCUT2D eigenvalue weighted by Crippen LogP contribution is 2.19. The van der Waals surface area contributed by atoms with E-state index >= 15 is 0 Å². The second-order valence-corrected chi connectivity index (χ2v) is 6.70. The third-order valence-electron chi connectivity index (χ3n) is 4.45. The molecule has 2 rings (SSSR count). The van der Waals surface area contributed by atoms with E-state index in [4.69, 9.17) is 0 Å². The Kier molecular flexibility index (Phi) is 6.30. The Morgan fingerprint density at radius 2 is 1.80 bits per heavy atom. The largest absolute Gasteiger partial charge is 0.353 e. The van der Waals surface area contributed by atoms with Crippen molar-refractivity contribution < 1.29 is 4.79 Å². The number of likely N-dealkylation sites (tertiary alicyclic amines) is 2. The molecule has 0 radical (unpaired) electrons. The van der Waals surface area contributed by atoms with Crippen molar-refractivity contribution in [3.8, 4) is 0 Å². The first-order chi connectivity index (χ1) is 9.65. The van der Waals surface area contributed by atoms with Crippen LogP contribution in [0.2, 0.25) is 0 Å². The molecule has 2 aliphatic rings. The summed E-state index contributed by atoms with van der Waals surface area (Å²) < 4.78 is 0. The molecular weight excluding hydrogens is 250 g/mol. The molecule has 2 saturated heterocycles. The number of hydrogen-bond donors (Lipinski definition) is 1. The zero-order chi connectivity index (χ0) is 14.4. The fraction of sp³-hybridized carbons (Fsp3) is 0.938. The average molecular weight is 281 g/mol. The Morgan fingerprint density at radius 1 is 1.10 bits per heavy atom. The van der Waals surface area contributed by atoms with Crippen molar-refractivity contribution in [2.75, 3.05) is 32.7 Å². The van der Waals surface area contributed by atoms with Crippen LogP contribution in [-0.4, -0.2) is 60.5 Å². The summed E-state index contributed by atoms with van der Waals surface area (Å²) >= 11 is 0. The molecule has 0 saturated carbocycles. The van der Waals surface area contributed by atoms with Crippen LogP contribution < -0.4 is 5.32 Å². The van der Waals surface area contributed by atoms with Crippen LogP contribution >= 0.6 is 0 Å². The molecule has 2 heterocycles. The quantitative estimate of drug-likeness (QED) is 0.854. The number of nitrogens with one attached hydrogen (secondary N) is 1. The third-order valence-corrected chi connectivity index (χ3v) is 4.45. The first-order valence-electron chi connectivity index (χ1n) is 8.41. The van der Waals surface area contributed by atoms with E-state index < -0.39 is 0 Å². The highest BCUT2D eigenvalue weighted by Gasteiger charge is 2.26. The third kappa shape index (κ3) is 5.06. The predicted molar refractivity (Wildman–Crippen MR) is 82.8 cm³/mol. The molecular formula is C16H31N3O. The molecule has 0 aromatic heterocycles. The molecule has 0 spiro atoms. The van der Waals surface area contributed by atoms with Gasteiger partial charge in [-0.3, -0.25) is 14.6 Å². The van der Waals surface area contributed by atoms with Gasteiger partial charge in [-0.2, -0.15) is 0 Å². The van der Waals surface area contributed by atoms with E-state index in [1.165, 1.54) is 51.6 Å². The number of carbonyl (C=O) groups is 1. The molecule has 4 nitrogen and oxygen atoms in total. The molecule has 0 bridgehead atoms. The zero-order valence-corrected chi connectivity index (χ0v) is 13.2. The molecule has 1 N–H and O–H groups in total. The van der Waals surface area contributed by atoms with Gasteiger partial charge < -0.3 is 5.32 Å². The second kappa shape index (κ2) is 7.99. The molecule has 2 fully saturated rings. The van der Waals surface area contributed by atoms with E-state index in [1.807, 2.05) is 13.8 Å². The topological polar surface area (TPSA) is 35.6 Å². The SMILES string of the molecule is CC(C)NC(=O)CN1CCC[C@H](N2CCCCCC2)C1. The fourth-order valence-corrected chi connectivity index (χ4v) is 3.50. The van der Waals surface area contributed by atoms with E-state index in [9.17, 15) is 4.79 Å². The van der Waals surface area contributed by atoms with Crippen molar-refractivity contribution in [3.05, 3.63) is 0 Å². The van der Waals surface area contributed by atoms with Gasteiger partial charge in [-0.1, -0.05) is 12.8 Å². The Hall–Kier alpha value is -0.610. The summed E-state index contributed by atoms with van der Waals surface area (Å²) in [5.41, 5.74) is 0. The van der Waals surface area contributed by atoms with Crippen molar-refractivity contribution in [1.82, 2.24) is 15.1 Å². The molecule has 4 heteroatoms. The molecule has 0 aliphatic carbocycles. The van der Waals surface area contributed by atoms with E-state index in [0.29, 0.717) is 12.6 Å². The Labute approximate surface area is 123 Å². The van der Waals surface area contributed by atoms with Gasteiger partial charge in [-0.15, -0.1) is 0 Å². The summed E-state index contributed by atoms with van der Waals surface area (Å²) in [5, 5.41) is 3.00. The molecule has 1 amide bonds. The minimum absolute atomic E-state index is 0.177. The smallest absolute Gasteiger partial charge is 0.234 e. The van der Waals surface area contributed by atoms with Crippen LogP contribution in [0.5, 0.6) is 0 Å². The van der Waals surface area contributed by atoms with Gasteiger partial charge >= 0.3 is 0 Å². The number of nitrogens with zero attached hydrogens (tertiary/aromatic N) is 2. The minimum Gasteiger partial charge on any atom is -0.353 e. The van der Waals surface area contributed by atoms with Crippen LogP contribution in [0.25, 0.3) is 0 Å². The summed E-state index contributed by atoms with van der Waals surface area (Å²) in [5.74, 6) is 0.177. The van der Waals surface area contributed by atoms with E-state index in [2.05, 4.69) is 15.1 Å². The van der Waals surface area contributed by atoms with Crippen LogP contribution in [0.15, 0.2) is 0 Å². The van der Waals surface area contributed by atoms with Crippen molar-refractivity contribution in [2.45, 2.75) is 64.5 Å². The normalized spacial score (nSPS) is 26.4. The highest BCUT2D eigenvalue weighted by atomic mass is 16.2. The Morgan fingerprint density at radius 3 is 2.45 bits per heavy atom. The molecule has 20 heavy (non-hydrogen) atoms. The minimum atomic E-state index is 0.177. The lowest BCUT2D eigenvalue weighted by Gasteiger charge is -2.38. The van der Waals surface area contributed by atoms with Gasteiger partial charge in [-0.25, -0.2) is 0 Å². The highest BCUT2D eigenvalue weighted by molar-refractivity contribution is 5.78. The van der Waals surface area contributed by atoms with E-state index in [1.54, 1.807) is 0 Å². The summed E-state index contributed by atoms with van der Waals surface area (Å²) in [4.78, 5) is 16.9. The fourth-order valence-electron chi connectivity index (χ4n) is 3.50. The van der Waals surface area contributed by atoms with Crippen molar-refractivity contribution in [1.29, 1.82) is 0 Å². The summed E-state index contributed by atoms with van der Waals surface area (Å²) in [7, 11) is 0. The molecule has 1 atom stereocenters. The van der Waals surface area contributed by atoms with Gasteiger partial charge in [0, 0.05) is 18.6 Å². The zero-order valence-electron chi connectivity index (χ0n) is 13.2. The van der Waals surface area contributed by atoms with Crippen molar-refractivity contribution in [3.63, 3.8) is 0 Å². The number of piperidine rings is 1. The maximum absolute atomic E-state index is 11.9. The van der Waals surface area contributed by atoms with Gasteiger partial charge in [0.25, 0.3) is 0 Å². The first-order valence-corrected chi connectivity index (χ1v) is 8.41. The summed E-state index contributed by atoms with van der Waals surface area (Å²) in [6, 6.07) is 0.919. The molecule has 0 aromatic carbocycles. The first kappa shape index (κ1) is 15.8. The predicted octanol–water partition coefficient (Wildman–Crippen LogP) is 1.85. The van der Waals surface area contributed by atoms with Gasteiger partial charge in [0.1, 0.15) is 0 Å². The molecule has 0 aromatic rings. The average Bonchev–Trinajstić information content (AvgIpc) is 2.66. The lowest BCUT2D eigenvalue weighted by atomic mass is 10.0. The van der Waals surface area contributed by atoms with Crippen LogP contribution in [0.1, 0.15) is 52.4 Å². The number of amides is 1. The standard InChI is InChI=1S/C16H31N3O/c1-14(2)17-16(20)13-18-9-7-8-15(12-18)19-10-5-3-4-6-11-19/h14-15H,3-13H2,1-2H3,(H,17,20)/t15-/m0/s1. The molecule has 0 unspecified atom stereocenters. The number of carbonyl (C=O) groups excluding carboxylic acids is 1.